The summed E-state index contributed by atoms with van der Waals surface area (Å²) in [6, 6.07) is 7.91. The molecule has 0 bridgehead atoms. The normalized spacial score (nSPS) is 13.0. The van der Waals surface area contributed by atoms with Gasteiger partial charge in [-0.25, -0.2) is 14.3 Å². The van der Waals surface area contributed by atoms with E-state index in [1.807, 2.05) is 31.2 Å². The van der Waals surface area contributed by atoms with Crippen molar-refractivity contribution in [2.45, 2.75) is 26.8 Å². The summed E-state index contributed by atoms with van der Waals surface area (Å²) in [7, 11) is 0. The van der Waals surface area contributed by atoms with Crippen LogP contribution in [0.3, 0.4) is 0 Å². The van der Waals surface area contributed by atoms with Gasteiger partial charge in [-0.2, -0.15) is 5.10 Å². The third-order valence-corrected chi connectivity index (χ3v) is 4.39. The predicted octanol–water partition coefficient (Wildman–Crippen LogP) is 3.04. The van der Waals surface area contributed by atoms with Crippen LogP contribution in [0.4, 0.5) is 4.79 Å². The Hall–Kier alpha value is -3.09. The Kier molecular flexibility index (Phi) is 5.59. The molecule has 2 aromatic rings. The first-order valence-electron chi connectivity index (χ1n) is 8.92. The van der Waals surface area contributed by atoms with Crippen molar-refractivity contribution in [3.8, 4) is 5.69 Å². The van der Waals surface area contributed by atoms with E-state index < -0.39 is 12.1 Å². The summed E-state index contributed by atoms with van der Waals surface area (Å²) in [4.78, 5) is 26.2. The van der Waals surface area contributed by atoms with E-state index in [-0.39, 0.29) is 25.5 Å². The first-order chi connectivity index (χ1) is 13.0. The Morgan fingerprint density at radius 1 is 1.26 bits per heavy atom. The lowest BCUT2D eigenvalue weighted by Gasteiger charge is -2.26. The number of fused-ring (bicyclic) bond motifs is 1. The van der Waals surface area contributed by atoms with E-state index in [9.17, 15) is 9.59 Å². The van der Waals surface area contributed by atoms with Crippen LogP contribution < -0.4 is 0 Å². The smallest absolute Gasteiger partial charge is 0.410 e. The molecule has 0 N–H and O–H groups in total. The number of hydrogen-bond donors (Lipinski definition) is 0. The number of nitrogens with zero attached hydrogens (tertiary/aromatic N) is 3. The average Bonchev–Trinajstić information content (AvgIpc) is 3.06. The zero-order valence-electron chi connectivity index (χ0n) is 15.6. The molecule has 7 nitrogen and oxygen atoms in total. The van der Waals surface area contributed by atoms with Gasteiger partial charge in [-0.3, -0.25) is 0 Å². The lowest BCUT2D eigenvalue weighted by atomic mass is 10.1. The molecule has 0 unspecified atom stereocenters. The standard InChI is InChI=1S/C20H23N3O4/c1-4-12-27-20(25)22-11-10-17-16(13-22)18(19(24)26-5-2)21-23(17)15-8-6-14(3)7-9-15/h4,6-9H,1,5,10-13H2,2-3H3. The van der Waals surface area contributed by atoms with Crippen molar-refractivity contribution >= 4 is 12.1 Å². The van der Waals surface area contributed by atoms with Crippen molar-refractivity contribution in [3.05, 3.63) is 59.4 Å². The van der Waals surface area contributed by atoms with Gasteiger partial charge in [0, 0.05) is 18.5 Å². The molecule has 0 atom stereocenters. The first kappa shape index (κ1) is 18.7. The third kappa shape index (κ3) is 3.86. The number of esters is 1. The maximum Gasteiger partial charge on any atom is 0.410 e. The van der Waals surface area contributed by atoms with Crippen LogP contribution in [-0.2, 0) is 22.4 Å². The molecule has 1 aliphatic heterocycles. The van der Waals surface area contributed by atoms with Crippen LogP contribution in [0.15, 0.2) is 36.9 Å². The number of ether oxygens (including phenoxy) is 2. The minimum absolute atomic E-state index is 0.148. The minimum Gasteiger partial charge on any atom is -0.461 e. The van der Waals surface area contributed by atoms with Crippen LogP contribution in [0.25, 0.3) is 5.69 Å². The van der Waals surface area contributed by atoms with Crippen LogP contribution >= 0.6 is 0 Å². The van der Waals surface area contributed by atoms with Gasteiger partial charge in [0.2, 0.25) is 0 Å². The Morgan fingerprint density at radius 3 is 2.67 bits per heavy atom. The van der Waals surface area contributed by atoms with Gasteiger partial charge in [-0.15, -0.1) is 0 Å². The van der Waals surface area contributed by atoms with Crippen molar-refractivity contribution in [2.75, 3.05) is 19.8 Å². The van der Waals surface area contributed by atoms with Crippen molar-refractivity contribution in [3.63, 3.8) is 0 Å². The molecule has 27 heavy (non-hydrogen) atoms. The molecule has 2 heterocycles. The minimum atomic E-state index is -0.485. The summed E-state index contributed by atoms with van der Waals surface area (Å²) in [6.07, 6.45) is 1.66. The zero-order chi connectivity index (χ0) is 19.4. The highest BCUT2D eigenvalue weighted by Crippen LogP contribution is 2.26. The highest BCUT2D eigenvalue weighted by atomic mass is 16.6. The first-order valence-corrected chi connectivity index (χ1v) is 8.92. The second-order valence-electron chi connectivity index (χ2n) is 6.28. The van der Waals surface area contributed by atoms with Gasteiger partial charge < -0.3 is 14.4 Å². The Labute approximate surface area is 158 Å². The second-order valence-corrected chi connectivity index (χ2v) is 6.28. The second kappa shape index (κ2) is 8.07. The molecule has 7 heteroatoms. The topological polar surface area (TPSA) is 73.7 Å². The number of aromatic nitrogens is 2. The third-order valence-electron chi connectivity index (χ3n) is 4.39. The number of aryl methyl sites for hydroxylation is 1. The molecular weight excluding hydrogens is 346 g/mol. The van der Waals surface area contributed by atoms with Crippen molar-refractivity contribution in [2.24, 2.45) is 0 Å². The van der Waals surface area contributed by atoms with E-state index in [4.69, 9.17) is 9.47 Å². The monoisotopic (exact) mass is 369 g/mol. The van der Waals surface area contributed by atoms with Crippen LogP contribution in [0.2, 0.25) is 0 Å². The van der Waals surface area contributed by atoms with Crippen LogP contribution in [0.1, 0.15) is 34.2 Å². The fraction of sp³-hybridized carbons (Fsp3) is 0.350. The number of amides is 1. The molecule has 0 saturated heterocycles. The molecule has 3 rings (SSSR count). The molecule has 0 spiro atoms. The highest BCUT2D eigenvalue weighted by molar-refractivity contribution is 5.89. The van der Waals surface area contributed by atoms with Crippen molar-refractivity contribution < 1.29 is 19.1 Å². The predicted molar refractivity (Wildman–Crippen MR) is 99.9 cm³/mol. The number of rotatable bonds is 5. The van der Waals surface area contributed by atoms with Gasteiger partial charge in [0.1, 0.15) is 6.61 Å². The molecule has 0 fully saturated rings. The number of carbonyl (C=O) groups excluding carboxylic acids is 2. The van der Waals surface area contributed by atoms with E-state index >= 15 is 0 Å². The maximum absolute atomic E-state index is 12.4. The molecule has 1 amide bonds. The number of carbonyl (C=O) groups is 2. The van der Waals surface area contributed by atoms with Gasteiger partial charge in [-0.05, 0) is 26.0 Å². The maximum atomic E-state index is 12.4. The molecule has 1 aromatic carbocycles. The fourth-order valence-corrected chi connectivity index (χ4v) is 3.06. The zero-order valence-corrected chi connectivity index (χ0v) is 15.6. The van der Waals surface area contributed by atoms with Crippen LogP contribution in [-0.4, -0.2) is 46.5 Å². The Bertz CT molecular complexity index is 855. The molecular formula is C20H23N3O4. The molecule has 0 saturated carbocycles. The molecule has 0 aliphatic carbocycles. The van der Waals surface area contributed by atoms with Crippen LogP contribution in [0.5, 0.6) is 0 Å². The average molecular weight is 369 g/mol. The van der Waals surface area contributed by atoms with Crippen LogP contribution in [0, 0.1) is 6.92 Å². The van der Waals surface area contributed by atoms with Gasteiger partial charge in [-0.1, -0.05) is 30.4 Å². The summed E-state index contributed by atoms with van der Waals surface area (Å²) in [5.41, 5.74) is 3.87. The van der Waals surface area contributed by atoms with Gasteiger partial charge in [0.25, 0.3) is 0 Å². The fourth-order valence-electron chi connectivity index (χ4n) is 3.06. The number of benzene rings is 1. The van der Waals surface area contributed by atoms with E-state index in [0.717, 1.165) is 16.9 Å². The molecule has 142 valence electrons. The highest BCUT2D eigenvalue weighted by Gasteiger charge is 2.31. The van der Waals surface area contributed by atoms with E-state index in [0.29, 0.717) is 18.5 Å². The molecule has 0 radical (unpaired) electrons. The SMILES string of the molecule is C=CCOC(=O)N1CCc2c(c(C(=O)OCC)nn2-c2ccc(C)cc2)C1. The summed E-state index contributed by atoms with van der Waals surface area (Å²) < 4.78 is 12.1. The lowest BCUT2D eigenvalue weighted by Crippen LogP contribution is -2.37. The molecule has 1 aromatic heterocycles. The van der Waals surface area contributed by atoms with Gasteiger partial charge in [0.05, 0.1) is 24.5 Å². The summed E-state index contributed by atoms with van der Waals surface area (Å²) in [6.45, 7) is 8.46. The van der Waals surface area contributed by atoms with E-state index in [1.54, 1.807) is 16.5 Å². The number of hydrogen-bond acceptors (Lipinski definition) is 5. The Balaban J connectivity index is 1.98. The van der Waals surface area contributed by atoms with E-state index in [2.05, 4.69) is 11.7 Å². The Morgan fingerprint density at radius 2 is 2.00 bits per heavy atom. The quantitative estimate of drug-likeness (QED) is 0.598. The molecule has 1 aliphatic rings. The van der Waals surface area contributed by atoms with E-state index in [1.165, 1.54) is 6.08 Å². The lowest BCUT2D eigenvalue weighted by molar-refractivity contribution is 0.0514. The summed E-state index contributed by atoms with van der Waals surface area (Å²) in [5.74, 6) is -0.485. The summed E-state index contributed by atoms with van der Waals surface area (Å²) in [5, 5.41) is 4.51. The van der Waals surface area contributed by atoms with Crippen molar-refractivity contribution in [1.29, 1.82) is 0 Å². The summed E-state index contributed by atoms with van der Waals surface area (Å²) >= 11 is 0. The van der Waals surface area contributed by atoms with Crippen molar-refractivity contribution in [1.82, 2.24) is 14.7 Å². The van der Waals surface area contributed by atoms with Gasteiger partial charge >= 0.3 is 12.1 Å². The largest absolute Gasteiger partial charge is 0.461 e. The van der Waals surface area contributed by atoms with Gasteiger partial charge in [0.15, 0.2) is 5.69 Å².